The standard InChI is InChI=1S/C20H20N4O4/c1-26-14-8-6-13(7-9-14)10-16-19(25)22-20(24-23-16)21-11-15-12-27-17-4-2-3-5-18(17)28-15/h2-9,15H,10-12H2,1H3,(H2,21,22,24,25). The van der Waals surface area contributed by atoms with Gasteiger partial charge in [-0.2, -0.15) is 0 Å². The smallest absolute Gasteiger partial charge is 0.274 e. The van der Waals surface area contributed by atoms with Crippen molar-refractivity contribution in [2.24, 2.45) is 0 Å². The molecule has 8 heteroatoms. The van der Waals surface area contributed by atoms with E-state index in [1.54, 1.807) is 7.11 Å². The number of hydrogen-bond donors (Lipinski definition) is 2. The summed E-state index contributed by atoms with van der Waals surface area (Å²) in [6.07, 6.45) is 0.197. The Morgan fingerprint density at radius 1 is 1.14 bits per heavy atom. The summed E-state index contributed by atoms with van der Waals surface area (Å²) in [5, 5.41) is 11.2. The molecule has 0 spiro atoms. The number of aromatic amines is 1. The summed E-state index contributed by atoms with van der Waals surface area (Å²) in [7, 11) is 1.61. The Balaban J connectivity index is 1.36. The van der Waals surface area contributed by atoms with E-state index >= 15 is 0 Å². The van der Waals surface area contributed by atoms with Gasteiger partial charge in [0.2, 0.25) is 5.95 Å². The van der Waals surface area contributed by atoms with E-state index in [4.69, 9.17) is 14.2 Å². The average Bonchev–Trinajstić information content (AvgIpc) is 2.74. The Hall–Kier alpha value is -3.55. The molecule has 0 amide bonds. The highest BCUT2D eigenvalue weighted by Crippen LogP contribution is 2.30. The SMILES string of the molecule is COc1ccc(Cc2nnc(NCC3COc4ccccc4O3)[nH]c2=O)cc1. The second-order valence-electron chi connectivity index (χ2n) is 6.35. The lowest BCUT2D eigenvalue weighted by Gasteiger charge is -2.26. The molecule has 4 rings (SSSR count). The lowest BCUT2D eigenvalue weighted by atomic mass is 10.1. The first-order chi connectivity index (χ1) is 13.7. The fourth-order valence-corrected chi connectivity index (χ4v) is 2.87. The van der Waals surface area contributed by atoms with E-state index in [9.17, 15) is 4.79 Å². The van der Waals surface area contributed by atoms with Crippen molar-refractivity contribution in [3.63, 3.8) is 0 Å². The van der Waals surface area contributed by atoms with Crippen molar-refractivity contribution in [3.05, 3.63) is 70.1 Å². The van der Waals surface area contributed by atoms with Crippen LogP contribution in [0.3, 0.4) is 0 Å². The molecular weight excluding hydrogens is 360 g/mol. The number of nitrogens with zero attached hydrogens (tertiary/aromatic N) is 2. The molecule has 0 bridgehead atoms. The largest absolute Gasteiger partial charge is 0.497 e. The molecule has 0 aliphatic carbocycles. The Kier molecular flexibility index (Phi) is 5.09. The Morgan fingerprint density at radius 2 is 1.93 bits per heavy atom. The molecule has 0 saturated carbocycles. The van der Waals surface area contributed by atoms with Crippen LogP contribution in [0.2, 0.25) is 0 Å². The number of methoxy groups -OCH3 is 1. The van der Waals surface area contributed by atoms with Gasteiger partial charge >= 0.3 is 0 Å². The lowest BCUT2D eigenvalue weighted by Crippen LogP contribution is -2.36. The van der Waals surface area contributed by atoms with Gasteiger partial charge in [-0.1, -0.05) is 24.3 Å². The summed E-state index contributed by atoms with van der Waals surface area (Å²) in [4.78, 5) is 15.0. The predicted octanol–water partition coefficient (Wildman–Crippen LogP) is 2.02. The van der Waals surface area contributed by atoms with Gasteiger partial charge in [-0.05, 0) is 29.8 Å². The molecule has 1 aromatic heterocycles. The van der Waals surface area contributed by atoms with Crippen LogP contribution in [0, 0.1) is 0 Å². The van der Waals surface area contributed by atoms with Gasteiger partial charge in [0.05, 0.1) is 13.7 Å². The first-order valence-electron chi connectivity index (χ1n) is 8.92. The Morgan fingerprint density at radius 3 is 2.68 bits per heavy atom. The van der Waals surface area contributed by atoms with Crippen LogP contribution in [-0.2, 0) is 6.42 Å². The molecule has 1 aliphatic heterocycles. The number of anilines is 1. The minimum Gasteiger partial charge on any atom is -0.497 e. The van der Waals surface area contributed by atoms with Gasteiger partial charge in [0.1, 0.15) is 24.2 Å². The van der Waals surface area contributed by atoms with Crippen molar-refractivity contribution in [1.29, 1.82) is 0 Å². The van der Waals surface area contributed by atoms with E-state index in [0.29, 0.717) is 37.0 Å². The van der Waals surface area contributed by atoms with Crippen molar-refractivity contribution >= 4 is 5.95 Å². The fraction of sp³-hybridized carbons (Fsp3) is 0.250. The molecule has 0 radical (unpaired) electrons. The molecule has 3 aromatic rings. The fourth-order valence-electron chi connectivity index (χ4n) is 2.87. The van der Waals surface area contributed by atoms with E-state index in [-0.39, 0.29) is 11.7 Å². The van der Waals surface area contributed by atoms with Gasteiger partial charge in [-0.15, -0.1) is 10.2 Å². The van der Waals surface area contributed by atoms with Crippen LogP contribution in [0.25, 0.3) is 0 Å². The van der Waals surface area contributed by atoms with Crippen LogP contribution in [0.5, 0.6) is 17.2 Å². The van der Waals surface area contributed by atoms with Gasteiger partial charge in [-0.3, -0.25) is 9.78 Å². The zero-order valence-corrected chi connectivity index (χ0v) is 15.3. The summed E-state index contributed by atoms with van der Waals surface area (Å²) >= 11 is 0. The number of ether oxygens (including phenoxy) is 3. The molecule has 2 aromatic carbocycles. The first kappa shape index (κ1) is 17.8. The van der Waals surface area contributed by atoms with E-state index < -0.39 is 0 Å². The van der Waals surface area contributed by atoms with Gasteiger partial charge in [0.25, 0.3) is 5.56 Å². The highest BCUT2D eigenvalue weighted by Gasteiger charge is 2.20. The van der Waals surface area contributed by atoms with Crippen LogP contribution in [0.15, 0.2) is 53.3 Å². The summed E-state index contributed by atoms with van der Waals surface area (Å²) in [5.41, 5.74) is 1.02. The number of aromatic nitrogens is 3. The van der Waals surface area contributed by atoms with Gasteiger partial charge in [0, 0.05) is 6.42 Å². The molecule has 1 atom stereocenters. The molecule has 0 saturated heterocycles. The number of benzene rings is 2. The first-order valence-corrected chi connectivity index (χ1v) is 8.92. The van der Waals surface area contributed by atoms with E-state index in [1.807, 2.05) is 48.5 Å². The van der Waals surface area contributed by atoms with E-state index in [1.165, 1.54) is 0 Å². The Bertz CT molecular complexity index is 1000. The number of hydrogen-bond acceptors (Lipinski definition) is 7. The molecular formula is C20H20N4O4. The monoisotopic (exact) mass is 380 g/mol. The maximum Gasteiger partial charge on any atom is 0.274 e. The van der Waals surface area contributed by atoms with Gasteiger partial charge in [-0.25, -0.2) is 0 Å². The summed E-state index contributed by atoms with van der Waals surface area (Å²) in [6, 6.07) is 15.0. The molecule has 0 fully saturated rings. The van der Waals surface area contributed by atoms with Crippen LogP contribution < -0.4 is 25.1 Å². The minimum atomic E-state index is -0.278. The topological polar surface area (TPSA) is 98.4 Å². The zero-order valence-electron chi connectivity index (χ0n) is 15.3. The lowest BCUT2D eigenvalue weighted by molar-refractivity contribution is 0.0996. The highest BCUT2D eigenvalue weighted by molar-refractivity contribution is 5.41. The number of rotatable bonds is 6. The third-order valence-corrected chi connectivity index (χ3v) is 4.36. The summed E-state index contributed by atoms with van der Waals surface area (Å²) in [6.45, 7) is 0.841. The quantitative estimate of drug-likeness (QED) is 0.675. The number of H-pyrrole nitrogens is 1. The van der Waals surface area contributed by atoms with Crippen LogP contribution in [-0.4, -0.2) is 41.5 Å². The Labute approximate surface area is 161 Å². The molecule has 1 aliphatic rings. The maximum atomic E-state index is 12.3. The van der Waals surface area contributed by atoms with Gasteiger partial charge in [0.15, 0.2) is 11.5 Å². The molecule has 28 heavy (non-hydrogen) atoms. The number of nitrogens with one attached hydrogen (secondary N) is 2. The van der Waals surface area contributed by atoms with Crippen molar-refractivity contribution < 1.29 is 14.2 Å². The summed E-state index contributed by atoms with van der Waals surface area (Å²) < 4.78 is 16.7. The van der Waals surface area contributed by atoms with E-state index in [0.717, 1.165) is 17.1 Å². The second-order valence-corrected chi connectivity index (χ2v) is 6.35. The second kappa shape index (κ2) is 7.99. The van der Waals surface area contributed by atoms with Crippen molar-refractivity contribution in [1.82, 2.24) is 15.2 Å². The highest BCUT2D eigenvalue weighted by atomic mass is 16.6. The van der Waals surface area contributed by atoms with Crippen LogP contribution in [0.1, 0.15) is 11.3 Å². The van der Waals surface area contributed by atoms with Crippen LogP contribution in [0.4, 0.5) is 5.95 Å². The predicted molar refractivity (Wildman–Crippen MR) is 103 cm³/mol. The van der Waals surface area contributed by atoms with Crippen molar-refractivity contribution in [2.75, 3.05) is 25.6 Å². The third kappa shape index (κ3) is 4.06. The van der Waals surface area contributed by atoms with Crippen molar-refractivity contribution in [3.8, 4) is 17.2 Å². The molecule has 1 unspecified atom stereocenters. The normalized spacial score (nSPS) is 15.1. The third-order valence-electron chi connectivity index (χ3n) is 4.36. The molecule has 144 valence electrons. The van der Waals surface area contributed by atoms with E-state index in [2.05, 4.69) is 20.5 Å². The maximum absolute atomic E-state index is 12.3. The minimum absolute atomic E-state index is 0.195. The zero-order chi connectivity index (χ0) is 19.3. The molecule has 8 nitrogen and oxygen atoms in total. The number of fused-ring (bicyclic) bond motifs is 1. The molecule has 2 N–H and O–H groups in total. The van der Waals surface area contributed by atoms with Crippen LogP contribution >= 0.6 is 0 Å². The number of para-hydroxylation sites is 2. The van der Waals surface area contributed by atoms with Crippen molar-refractivity contribution in [2.45, 2.75) is 12.5 Å². The molecule has 2 heterocycles. The van der Waals surface area contributed by atoms with Gasteiger partial charge < -0.3 is 19.5 Å². The average molecular weight is 380 g/mol. The summed E-state index contributed by atoms with van der Waals surface area (Å²) in [5.74, 6) is 2.50.